The lowest BCUT2D eigenvalue weighted by Crippen LogP contribution is -2.33. The van der Waals surface area contributed by atoms with Crippen LogP contribution < -0.4 is 10.7 Å². The standard InChI is InChI=1S/C6H9N5S/c1-2-3-7-6(12)10-11-4-8-9-5-11/h2,4-5H,1,3H2,(H2,7,10,12). The van der Waals surface area contributed by atoms with Crippen molar-refractivity contribution in [1.29, 1.82) is 0 Å². The van der Waals surface area contributed by atoms with Crippen LogP contribution in [0.5, 0.6) is 0 Å². The van der Waals surface area contributed by atoms with Crippen LogP contribution in [0.25, 0.3) is 0 Å². The first kappa shape index (κ1) is 8.66. The Hall–Kier alpha value is -1.43. The molecular formula is C6H9N5S. The van der Waals surface area contributed by atoms with E-state index in [2.05, 4.69) is 27.5 Å². The molecule has 2 N–H and O–H groups in total. The van der Waals surface area contributed by atoms with Crippen LogP contribution in [0.1, 0.15) is 0 Å². The Labute approximate surface area is 75.5 Å². The third-order valence-corrected chi connectivity index (χ3v) is 1.29. The van der Waals surface area contributed by atoms with Crippen molar-refractivity contribution < 1.29 is 0 Å². The van der Waals surface area contributed by atoms with Crippen LogP contribution in [0.15, 0.2) is 25.3 Å². The van der Waals surface area contributed by atoms with Crippen molar-refractivity contribution in [3.05, 3.63) is 25.3 Å². The van der Waals surface area contributed by atoms with Crippen molar-refractivity contribution in [3.63, 3.8) is 0 Å². The van der Waals surface area contributed by atoms with Gasteiger partial charge in [-0.15, -0.1) is 16.8 Å². The lowest BCUT2D eigenvalue weighted by Gasteiger charge is -2.07. The summed E-state index contributed by atoms with van der Waals surface area (Å²) in [5.41, 5.74) is 2.82. The molecule has 0 radical (unpaired) electrons. The van der Waals surface area contributed by atoms with Crippen LogP contribution >= 0.6 is 12.2 Å². The maximum absolute atomic E-state index is 4.92. The van der Waals surface area contributed by atoms with E-state index in [1.54, 1.807) is 10.8 Å². The molecular weight excluding hydrogens is 174 g/mol. The molecule has 0 aliphatic heterocycles. The summed E-state index contributed by atoms with van der Waals surface area (Å²) in [6, 6.07) is 0. The molecule has 0 atom stereocenters. The average Bonchev–Trinajstić information content (AvgIpc) is 2.53. The summed E-state index contributed by atoms with van der Waals surface area (Å²) in [7, 11) is 0. The van der Waals surface area contributed by atoms with Crippen molar-refractivity contribution >= 4 is 17.3 Å². The van der Waals surface area contributed by atoms with Crippen molar-refractivity contribution in [2.45, 2.75) is 0 Å². The van der Waals surface area contributed by atoms with E-state index in [1.807, 2.05) is 0 Å². The highest BCUT2D eigenvalue weighted by Crippen LogP contribution is 1.76. The van der Waals surface area contributed by atoms with E-state index < -0.39 is 0 Å². The Morgan fingerprint density at radius 2 is 2.25 bits per heavy atom. The van der Waals surface area contributed by atoms with Gasteiger partial charge in [-0.2, -0.15) is 0 Å². The highest BCUT2D eigenvalue weighted by molar-refractivity contribution is 7.80. The fourth-order valence-corrected chi connectivity index (χ4v) is 0.769. The summed E-state index contributed by atoms with van der Waals surface area (Å²) >= 11 is 4.92. The van der Waals surface area contributed by atoms with Crippen LogP contribution in [0.2, 0.25) is 0 Å². The topological polar surface area (TPSA) is 54.8 Å². The molecule has 1 heterocycles. The van der Waals surface area contributed by atoms with E-state index in [0.29, 0.717) is 11.7 Å². The summed E-state index contributed by atoms with van der Waals surface area (Å²) in [4.78, 5) is 0. The zero-order valence-electron chi connectivity index (χ0n) is 6.40. The molecule has 0 unspecified atom stereocenters. The van der Waals surface area contributed by atoms with Gasteiger partial charge in [-0.05, 0) is 12.2 Å². The van der Waals surface area contributed by atoms with Crippen LogP contribution in [-0.2, 0) is 0 Å². The first-order valence-corrected chi connectivity index (χ1v) is 3.74. The molecule has 1 aromatic heterocycles. The monoisotopic (exact) mass is 183 g/mol. The van der Waals surface area contributed by atoms with E-state index in [1.165, 1.54) is 12.7 Å². The van der Waals surface area contributed by atoms with E-state index in [-0.39, 0.29) is 0 Å². The highest BCUT2D eigenvalue weighted by Gasteiger charge is 1.92. The molecule has 0 amide bonds. The maximum atomic E-state index is 4.92. The predicted octanol–water partition coefficient (Wildman–Crippen LogP) is -0.118. The van der Waals surface area contributed by atoms with E-state index >= 15 is 0 Å². The molecule has 64 valence electrons. The zero-order valence-corrected chi connectivity index (χ0v) is 7.21. The van der Waals surface area contributed by atoms with Gasteiger partial charge in [-0.25, -0.2) is 4.68 Å². The molecule has 6 heteroatoms. The fourth-order valence-electron chi connectivity index (χ4n) is 0.580. The molecule has 1 rings (SSSR count). The maximum Gasteiger partial charge on any atom is 0.186 e. The first-order chi connectivity index (χ1) is 5.83. The van der Waals surface area contributed by atoms with Crippen LogP contribution in [0, 0.1) is 0 Å². The number of hydrogen-bond acceptors (Lipinski definition) is 3. The molecule has 0 aliphatic carbocycles. The quantitative estimate of drug-likeness (QED) is 0.505. The largest absolute Gasteiger partial charge is 0.358 e. The number of rotatable bonds is 3. The summed E-state index contributed by atoms with van der Waals surface area (Å²) in [6.45, 7) is 4.18. The van der Waals surface area contributed by atoms with Crippen molar-refractivity contribution in [2.24, 2.45) is 0 Å². The molecule has 12 heavy (non-hydrogen) atoms. The zero-order chi connectivity index (χ0) is 8.81. The fraction of sp³-hybridized carbons (Fsp3) is 0.167. The molecule has 0 saturated carbocycles. The van der Waals surface area contributed by atoms with Gasteiger partial charge in [-0.3, -0.25) is 5.43 Å². The van der Waals surface area contributed by atoms with Gasteiger partial charge < -0.3 is 5.32 Å². The highest BCUT2D eigenvalue weighted by atomic mass is 32.1. The average molecular weight is 183 g/mol. The Bertz CT molecular complexity index is 255. The number of nitrogens with one attached hydrogen (secondary N) is 2. The van der Waals surface area contributed by atoms with Gasteiger partial charge in [0, 0.05) is 6.54 Å². The lowest BCUT2D eigenvalue weighted by atomic mass is 10.6. The predicted molar refractivity (Wildman–Crippen MR) is 50.2 cm³/mol. The normalized spacial score (nSPS) is 9.00. The first-order valence-electron chi connectivity index (χ1n) is 3.33. The Morgan fingerprint density at radius 3 is 2.83 bits per heavy atom. The van der Waals surface area contributed by atoms with Gasteiger partial charge >= 0.3 is 0 Å². The summed E-state index contributed by atoms with van der Waals surface area (Å²) in [5.74, 6) is 0. The molecule has 0 bridgehead atoms. The third kappa shape index (κ3) is 2.67. The third-order valence-electron chi connectivity index (χ3n) is 1.06. The number of hydrogen-bond donors (Lipinski definition) is 2. The molecule has 0 aliphatic rings. The molecule has 0 fully saturated rings. The minimum atomic E-state index is 0.509. The van der Waals surface area contributed by atoms with Crippen LogP contribution in [0.3, 0.4) is 0 Å². The van der Waals surface area contributed by atoms with E-state index in [0.717, 1.165) is 0 Å². The second-order valence-electron chi connectivity index (χ2n) is 1.98. The molecule has 0 spiro atoms. The lowest BCUT2D eigenvalue weighted by molar-refractivity contribution is 0.936. The number of nitrogens with zero attached hydrogens (tertiary/aromatic N) is 3. The molecule has 5 nitrogen and oxygen atoms in total. The van der Waals surface area contributed by atoms with Crippen LogP contribution in [0.4, 0.5) is 0 Å². The van der Waals surface area contributed by atoms with Crippen molar-refractivity contribution in [1.82, 2.24) is 20.2 Å². The molecule has 1 aromatic rings. The number of aromatic nitrogens is 3. The van der Waals surface area contributed by atoms with Gasteiger partial charge in [0.1, 0.15) is 12.7 Å². The van der Waals surface area contributed by atoms with Gasteiger partial charge in [0.05, 0.1) is 0 Å². The van der Waals surface area contributed by atoms with E-state index in [4.69, 9.17) is 12.2 Å². The Balaban J connectivity index is 2.32. The minimum absolute atomic E-state index is 0.509. The van der Waals surface area contributed by atoms with Gasteiger partial charge in [0.25, 0.3) is 0 Å². The molecule has 0 aromatic carbocycles. The number of thiocarbonyl (C=S) groups is 1. The van der Waals surface area contributed by atoms with Crippen molar-refractivity contribution in [3.8, 4) is 0 Å². The molecule has 0 saturated heterocycles. The van der Waals surface area contributed by atoms with E-state index in [9.17, 15) is 0 Å². The SMILES string of the molecule is C=CCNC(=S)Nn1cnnc1. The van der Waals surface area contributed by atoms with Crippen LogP contribution in [-0.4, -0.2) is 26.5 Å². The van der Waals surface area contributed by atoms with Crippen molar-refractivity contribution in [2.75, 3.05) is 12.0 Å². The van der Waals surface area contributed by atoms with Gasteiger partial charge in [0.15, 0.2) is 5.11 Å². The summed E-state index contributed by atoms with van der Waals surface area (Å²) in [6.07, 6.45) is 4.75. The summed E-state index contributed by atoms with van der Waals surface area (Å²) < 4.78 is 1.55. The second-order valence-corrected chi connectivity index (χ2v) is 2.39. The second kappa shape index (κ2) is 4.45. The van der Waals surface area contributed by atoms with Gasteiger partial charge in [0.2, 0.25) is 0 Å². The smallest absolute Gasteiger partial charge is 0.186 e. The van der Waals surface area contributed by atoms with Gasteiger partial charge in [-0.1, -0.05) is 6.08 Å². The Morgan fingerprint density at radius 1 is 1.58 bits per heavy atom. The summed E-state index contributed by atoms with van der Waals surface area (Å²) in [5, 5.41) is 10.6. The Kier molecular flexibility index (Phi) is 3.21. The minimum Gasteiger partial charge on any atom is -0.358 e.